The van der Waals surface area contributed by atoms with E-state index >= 15 is 0 Å². The summed E-state index contributed by atoms with van der Waals surface area (Å²) in [6, 6.07) is 0.408. The van der Waals surface area contributed by atoms with Gasteiger partial charge in [-0.2, -0.15) is 0 Å². The first-order chi connectivity index (χ1) is 9.58. The molecule has 0 aromatic carbocycles. The number of H-pyrrole nitrogens is 1. The summed E-state index contributed by atoms with van der Waals surface area (Å²) >= 11 is 1.47. The minimum atomic E-state index is -0.733. The van der Waals surface area contributed by atoms with E-state index in [1.54, 1.807) is 6.33 Å². The number of imidazole rings is 1. The highest BCUT2D eigenvalue weighted by Crippen LogP contribution is 2.28. The van der Waals surface area contributed by atoms with Crippen LogP contribution in [0.4, 0.5) is 0 Å². The zero-order valence-corrected chi connectivity index (χ0v) is 11.9. The average molecular weight is 292 g/mol. The molecule has 20 heavy (non-hydrogen) atoms. The van der Waals surface area contributed by atoms with Crippen LogP contribution in [-0.4, -0.2) is 43.2 Å². The van der Waals surface area contributed by atoms with Crippen molar-refractivity contribution in [3.05, 3.63) is 12.7 Å². The molecule has 7 nitrogen and oxygen atoms in total. The van der Waals surface area contributed by atoms with E-state index in [1.807, 2.05) is 6.92 Å². The van der Waals surface area contributed by atoms with Gasteiger partial charge in [-0.25, -0.2) is 15.0 Å². The Labute approximate surface area is 120 Å². The van der Waals surface area contributed by atoms with E-state index in [0.29, 0.717) is 17.4 Å². The second kappa shape index (κ2) is 5.02. The van der Waals surface area contributed by atoms with Crippen molar-refractivity contribution >= 4 is 28.8 Å². The molecule has 2 aromatic heterocycles. The summed E-state index contributed by atoms with van der Waals surface area (Å²) in [5.74, 6) is 0.177. The van der Waals surface area contributed by atoms with Gasteiger partial charge < -0.3 is 16.0 Å². The van der Waals surface area contributed by atoms with Gasteiger partial charge in [0.2, 0.25) is 5.91 Å². The molecule has 1 unspecified atom stereocenters. The Morgan fingerprint density at radius 3 is 3.05 bits per heavy atom. The van der Waals surface area contributed by atoms with Crippen LogP contribution in [0.5, 0.6) is 0 Å². The fourth-order valence-corrected chi connectivity index (χ4v) is 2.99. The number of amides is 1. The van der Waals surface area contributed by atoms with Gasteiger partial charge in [0.05, 0.1) is 6.33 Å². The lowest BCUT2D eigenvalue weighted by Crippen LogP contribution is -2.55. The van der Waals surface area contributed by atoms with Crippen LogP contribution in [-0.2, 0) is 4.79 Å². The Morgan fingerprint density at radius 2 is 2.35 bits per heavy atom. The molecule has 3 rings (SSSR count). The van der Waals surface area contributed by atoms with Gasteiger partial charge in [-0.3, -0.25) is 4.79 Å². The first kappa shape index (κ1) is 13.3. The van der Waals surface area contributed by atoms with E-state index in [9.17, 15) is 4.79 Å². The number of thioether (sulfide) groups is 1. The average Bonchev–Trinajstić information content (AvgIpc) is 3.09. The van der Waals surface area contributed by atoms with E-state index in [0.717, 1.165) is 23.4 Å². The van der Waals surface area contributed by atoms with Crippen molar-refractivity contribution in [3.63, 3.8) is 0 Å². The number of primary amides is 1. The van der Waals surface area contributed by atoms with E-state index in [-0.39, 0.29) is 5.91 Å². The molecule has 2 aromatic rings. The van der Waals surface area contributed by atoms with Gasteiger partial charge in [-0.1, -0.05) is 0 Å². The number of fused-ring (bicyclic) bond motifs is 1. The standard InChI is InChI=1S/C12H16N6OS/c1-12(11(13)19,18-7-2-3-7)4-20-10-8-9(15-5-14-8)16-6-17-10/h5-7,18H,2-4H2,1H3,(H2,13,19)(H,14,15,16,17). The monoisotopic (exact) mass is 292 g/mol. The lowest BCUT2D eigenvalue weighted by molar-refractivity contribution is -0.123. The minimum absolute atomic E-state index is 0.341. The summed E-state index contributed by atoms with van der Waals surface area (Å²) in [5.41, 5.74) is 6.21. The maximum absolute atomic E-state index is 11.7. The van der Waals surface area contributed by atoms with Crippen LogP contribution in [0.25, 0.3) is 11.2 Å². The van der Waals surface area contributed by atoms with Crippen LogP contribution >= 0.6 is 11.8 Å². The molecule has 8 heteroatoms. The number of nitrogens with two attached hydrogens (primary N) is 1. The van der Waals surface area contributed by atoms with Crippen LogP contribution in [0.15, 0.2) is 17.7 Å². The van der Waals surface area contributed by atoms with Crippen LogP contribution < -0.4 is 11.1 Å². The number of nitrogens with zero attached hydrogens (tertiary/aromatic N) is 3. The number of carbonyl (C=O) groups excluding carboxylic acids is 1. The van der Waals surface area contributed by atoms with E-state index in [1.165, 1.54) is 18.1 Å². The molecule has 4 N–H and O–H groups in total. The molecule has 0 radical (unpaired) electrons. The Kier molecular flexibility index (Phi) is 3.35. The second-order valence-corrected chi connectivity index (χ2v) is 6.15. The molecular weight excluding hydrogens is 276 g/mol. The molecule has 106 valence electrons. The predicted molar refractivity (Wildman–Crippen MR) is 76.2 cm³/mol. The molecule has 0 spiro atoms. The molecule has 1 aliphatic carbocycles. The van der Waals surface area contributed by atoms with Crippen LogP contribution in [0, 0.1) is 0 Å². The van der Waals surface area contributed by atoms with Crippen molar-refractivity contribution in [1.82, 2.24) is 25.3 Å². The largest absolute Gasteiger partial charge is 0.368 e. The Hall–Kier alpha value is -1.67. The molecule has 1 atom stereocenters. The van der Waals surface area contributed by atoms with Gasteiger partial charge in [0, 0.05) is 11.8 Å². The smallest absolute Gasteiger partial charge is 0.238 e. The molecular formula is C12H16N6OS. The maximum atomic E-state index is 11.7. The summed E-state index contributed by atoms with van der Waals surface area (Å²) < 4.78 is 0. The van der Waals surface area contributed by atoms with Gasteiger partial charge in [-0.15, -0.1) is 11.8 Å². The zero-order chi connectivity index (χ0) is 14.2. The highest BCUT2D eigenvalue weighted by atomic mass is 32.2. The highest BCUT2D eigenvalue weighted by Gasteiger charge is 2.37. The summed E-state index contributed by atoms with van der Waals surface area (Å²) in [4.78, 5) is 27.1. The summed E-state index contributed by atoms with van der Waals surface area (Å²) in [6.07, 6.45) is 5.26. The molecule has 1 aliphatic rings. The topological polar surface area (TPSA) is 110 Å². The number of hydrogen-bond donors (Lipinski definition) is 3. The first-order valence-corrected chi connectivity index (χ1v) is 7.41. The molecule has 1 amide bonds. The number of rotatable bonds is 6. The van der Waals surface area contributed by atoms with Crippen molar-refractivity contribution in [3.8, 4) is 0 Å². The SMILES string of the molecule is CC(CSc1ncnc2nc[nH]c12)(NC1CC1)C(N)=O. The summed E-state index contributed by atoms with van der Waals surface area (Å²) in [6.45, 7) is 1.84. The quantitative estimate of drug-likeness (QED) is 0.526. The third-order valence-corrected chi connectivity index (χ3v) is 4.63. The Bertz CT molecular complexity index is 640. The molecule has 0 saturated heterocycles. The van der Waals surface area contributed by atoms with Crippen molar-refractivity contribution in [2.75, 3.05) is 5.75 Å². The van der Waals surface area contributed by atoms with E-state index < -0.39 is 5.54 Å². The van der Waals surface area contributed by atoms with Gasteiger partial charge in [0.1, 0.15) is 22.4 Å². The number of carbonyl (C=O) groups is 1. The first-order valence-electron chi connectivity index (χ1n) is 6.43. The lowest BCUT2D eigenvalue weighted by Gasteiger charge is -2.27. The van der Waals surface area contributed by atoms with Crippen molar-refractivity contribution in [1.29, 1.82) is 0 Å². The highest BCUT2D eigenvalue weighted by molar-refractivity contribution is 7.99. The summed E-state index contributed by atoms with van der Waals surface area (Å²) in [5, 5.41) is 4.09. The fourth-order valence-electron chi connectivity index (χ4n) is 1.93. The van der Waals surface area contributed by atoms with Crippen molar-refractivity contribution < 1.29 is 4.79 Å². The predicted octanol–water partition coefficient (Wildman–Crippen LogP) is 0.441. The Morgan fingerprint density at radius 1 is 1.55 bits per heavy atom. The van der Waals surface area contributed by atoms with Gasteiger partial charge in [0.15, 0.2) is 5.65 Å². The fraction of sp³-hybridized carbons (Fsp3) is 0.500. The van der Waals surface area contributed by atoms with Gasteiger partial charge >= 0.3 is 0 Å². The van der Waals surface area contributed by atoms with E-state index in [2.05, 4.69) is 25.3 Å². The number of nitrogens with one attached hydrogen (secondary N) is 2. The third kappa shape index (κ3) is 2.61. The number of aromatic nitrogens is 4. The number of hydrogen-bond acceptors (Lipinski definition) is 6. The normalized spacial score (nSPS) is 18.1. The lowest BCUT2D eigenvalue weighted by atomic mass is 10.1. The molecule has 1 saturated carbocycles. The van der Waals surface area contributed by atoms with Crippen LogP contribution in [0.1, 0.15) is 19.8 Å². The van der Waals surface area contributed by atoms with Gasteiger partial charge in [0.25, 0.3) is 0 Å². The maximum Gasteiger partial charge on any atom is 0.238 e. The van der Waals surface area contributed by atoms with Crippen molar-refractivity contribution in [2.45, 2.75) is 36.4 Å². The Balaban J connectivity index is 1.76. The second-order valence-electron chi connectivity index (χ2n) is 5.18. The zero-order valence-electron chi connectivity index (χ0n) is 11.1. The molecule has 1 fully saturated rings. The number of aromatic amines is 1. The van der Waals surface area contributed by atoms with Crippen LogP contribution in [0.3, 0.4) is 0 Å². The molecule has 0 aliphatic heterocycles. The van der Waals surface area contributed by atoms with E-state index in [4.69, 9.17) is 5.73 Å². The molecule has 2 heterocycles. The van der Waals surface area contributed by atoms with Gasteiger partial charge in [-0.05, 0) is 19.8 Å². The van der Waals surface area contributed by atoms with Crippen LogP contribution in [0.2, 0.25) is 0 Å². The third-order valence-electron chi connectivity index (χ3n) is 3.33. The minimum Gasteiger partial charge on any atom is -0.368 e. The van der Waals surface area contributed by atoms with Crippen molar-refractivity contribution in [2.24, 2.45) is 5.73 Å². The molecule has 0 bridgehead atoms. The summed E-state index contributed by atoms with van der Waals surface area (Å²) in [7, 11) is 0.